The van der Waals surface area contributed by atoms with Crippen molar-refractivity contribution < 1.29 is 4.79 Å². The van der Waals surface area contributed by atoms with Crippen molar-refractivity contribution >= 4 is 34.2 Å². The van der Waals surface area contributed by atoms with E-state index < -0.39 is 0 Å². The van der Waals surface area contributed by atoms with Crippen LogP contribution in [0.5, 0.6) is 0 Å². The fourth-order valence-electron chi connectivity index (χ4n) is 2.58. The molecule has 3 atom stereocenters. The second-order valence-corrected chi connectivity index (χ2v) is 5.89. The minimum Gasteiger partial charge on any atom is -0.339 e. The van der Waals surface area contributed by atoms with Crippen LogP contribution in [0.4, 0.5) is 0 Å². The van der Waals surface area contributed by atoms with Crippen molar-refractivity contribution in [3.63, 3.8) is 0 Å². The highest BCUT2D eigenvalue weighted by Crippen LogP contribution is 2.30. The Bertz CT molecular complexity index is 457. The minimum atomic E-state index is -0.0623. The second kappa shape index (κ2) is 8.70. The van der Waals surface area contributed by atoms with Crippen molar-refractivity contribution in [1.82, 2.24) is 16.2 Å². The quantitative estimate of drug-likeness (QED) is 0.631. The minimum absolute atomic E-state index is 0. The molecule has 1 saturated heterocycles. The summed E-state index contributed by atoms with van der Waals surface area (Å²) in [6.45, 7) is 2.51. The highest BCUT2D eigenvalue weighted by atomic mass is 79.9. The second-order valence-electron chi connectivity index (χ2n) is 4.97. The molecule has 1 fully saturated rings. The fourth-order valence-corrected chi connectivity index (χ4v) is 2.84. The highest BCUT2D eigenvalue weighted by molar-refractivity contribution is 9.10. The molecular weight excluding hydrogens is 356 g/mol. The van der Waals surface area contributed by atoms with Crippen LogP contribution < -0.4 is 21.9 Å². The van der Waals surface area contributed by atoms with E-state index in [0.717, 1.165) is 10.9 Å². The molecule has 1 aromatic rings. The molecule has 5 nitrogen and oxygen atoms in total. The molecule has 1 heterocycles. The van der Waals surface area contributed by atoms with Gasteiger partial charge in [0, 0.05) is 23.4 Å². The zero-order chi connectivity index (χ0) is 14.5. The van der Waals surface area contributed by atoms with Gasteiger partial charge in [0.25, 0.3) is 0 Å². The standard InChI is InChI=1S/C14H21BrN4O.ClH/c1-2-11-13(9-3-5-10(15)6-4-9)18-19-14(11)17-12(20)7-8-16;/h3-6,11,13-14,18-19H,2,7-8,16H2,1H3,(H,17,20);1H. The Hall–Kier alpha value is -0.660. The average molecular weight is 378 g/mol. The lowest BCUT2D eigenvalue weighted by molar-refractivity contribution is -0.122. The van der Waals surface area contributed by atoms with E-state index in [0.29, 0.717) is 18.9 Å². The number of hydrogen-bond donors (Lipinski definition) is 4. The SMILES string of the molecule is CCC1C(NC(=O)CCN)NNC1c1ccc(Br)cc1.Cl. The Morgan fingerprint density at radius 1 is 1.33 bits per heavy atom. The number of nitrogens with one attached hydrogen (secondary N) is 3. The number of benzene rings is 1. The molecule has 0 spiro atoms. The van der Waals surface area contributed by atoms with Gasteiger partial charge in [-0.05, 0) is 24.1 Å². The van der Waals surface area contributed by atoms with E-state index in [9.17, 15) is 4.79 Å². The lowest BCUT2D eigenvalue weighted by atomic mass is 9.90. The number of hydrazine groups is 1. The molecule has 0 aliphatic carbocycles. The third-order valence-corrected chi connectivity index (χ3v) is 4.17. The van der Waals surface area contributed by atoms with Gasteiger partial charge in [-0.15, -0.1) is 12.4 Å². The molecular formula is C14H22BrClN4O. The zero-order valence-corrected chi connectivity index (χ0v) is 14.3. The van der Waals surface area contributed by atoms with Crippen molar-refractivity contribution in [3.05, 3.63) is 34.3 Å². The van der Waals surface area contributed by atoms with Gasteiger partial charge >= 0.3 is 0 Å². The molecule has 0 radical (unpaired) electrons. The average Bonchev–Trinajstić information content (AvgIpc) is 2.82. The van der Waals surface area contributed by atoms with Crippen molar-refractivity contribution in [2.75, 3.05) is 6.54 Å². The number of carbonyl (C=O) groups excluding carboxylic acids is 1. The summed E-state index contributed by atoms with van der Waals surface area (Å²) in [6, 6.07) is 8.44. The summed E-state index contributed by atoms with van der Waals surface area (Å²) in [6.07, 6.45) is 1.26. The summed E-state index contributed by atoms with van der Waals surface area (Å²) < 4.78 is 1.06. The molecule has 0 bridgehead atoms. The van der Waals surface area contributed by atoms with Gasteiger partial charge in [0.05, 0.1) is 12.2 Å². The van der Waals surface area contributed by atoms with Crippen molar-refractivity contribution in [2.24, 2.45) is 11.7 Å². The third kappa shape index (κ3) is 4.66. The summed E-state index contributed by atoms with van der Waals surface area (Å²) in [5.41, 5.74) is 13.1. The van der Waals surface area contributed by atoms with Crippen molar-refractivity contribution in [3.8, 4) is 0 Å². The number of halogens is 2. The van der Waals surface area contributed by atoms with Gasteiger partial charge in [0.15, 0.2) is 0 Å². The summed E-state index contributed by atoms with van der Waals surface area (Å²) in [5, 5.41) is 2.99. The van der Waals surface area contributed by atoms with Crippen LogP contribution in [-0.4, -0.2) is 18.6 Å². The Kier molecular flexibility index (Phi) is 7.62. The van der Waals surface area contributed by atoms with Crippen LogP contribution >= 0.6 is 28.3 Å². The fraction of sp³-hybridized carbons (Fsp3) is 0.500. The molecule has 0 aromatic heterocycles. The molecule has 1 aromatic carbocycles. The van der Waals surface area contributed by atoms with Gasteiger partial charge in [0.1, 0.15) is 0 Å². The lowest BCUT2D eigenvalue weighted by Crippen LogP contribution is -2.47. The van der Waals surface area contributed by atoms with E-state index in [2.05, 4.69) is 51.2 Å². The van der Waals surface area contributed by atoms with Crippen LogP contribution in [0.2, 0.25) is 0 Å². The monoisotopic (exact) mass is 376 g/mol. The molecule has 1 aliphatic rings. The third-order valence-electron chi connectivity index (χ3n) is 3.64. The number of rotatable bonds is 5. The van der Waals surface area contributed by atoms with Crippen LogP contribution in [0, 0.1) is 5.92 Å². The predicted molar refractivity (Wildman–Crippen MR) is 89.8 cm³/mol. The van der Waals surface area contributed by atoms with E-state index >= 15 is 0 Å². The van der Waals surface area contributed by atoms with E-state index in [4.69, 9.17) is 5.73 Å². The van der Waals surface area contributed by atoms with Crippen molar-refractivity contribution in [2.45, 2.75) is 32.0 Å². The molecule has 7 heteroatoms. The maximum Gasteiger partial charge on any atom is 0.222 e. The smallest absolute Gasteiger partial charge is 0.222 e. The maximum atomic E-state index is 11.7. The van der Waals surface area contributed by atoms with Gasteiger partial charge in [-0.2, -0.15) is 0 Å². The number of hydrogen-bond acceptors (Lipinski definition) is 4. The van der Waals surface area contributed by atoms with E-state index in [1.54, 1.807) is 0 Å². The van der Waals surface area contributed by atoms with Gasteiger partial charge in [-0.1, -0.05) is 35.0 Å². The molecule has 1 aliphatic heterocycles. The van der Waals surface area contributed by atoms with Crippen LogP contribution in [0.15, 0.2) is 28.7 Å². The number of nitrogens with two attached hydrogens (primary N) is 1. The largest absolute Gasteiger partial charge is 0.339 e. The highest BCUT2D eigenvalue weighted by Gasteiger charge is 2.35. The molecule has 3 unspecified atom stereocenters. The number of amides is 1. The predicted octanol–water partition coefficient (Wildman–Crippen LogP) is 1.84. The number of carbonyl (C=O) groups is 1. The van der Waals surface area contributed by atoms with Gasteiger partial charge in [-0.25, -0.2) is 10.9 Å². The Balaban J connectivity index is 0.00000220. The summed E-state index contributed by atoms with van der Waals surface area (Å²) in [7, 11) is 0. The molecule has 2 rings (SSSR count). The summed E-state index contributed by atoms with van der Waals surface area (Å²) >= 11 is 3.44. The van der Waals surface area contributed by atoms with Crippen LogP contribution in [0.25, 0.3) is 0 Å². The topological polar surface area (TPSA) is 79.2 Å². The molecule has 21 heavy (non-hydrogen) atoms. The first-order valence-corrected chi connectivity index (χ1v) is 7.71. The van der Waals surface area contributed by atoms with E-state index in [1.165, 1.54) is 5.56 Å². The Morgan fingerprint density at radius 3 is 2.57 bits per heavy atom. The van der Waals surface area contributed by atoms with Crippen LogP contribution in [-0.2, 0) is 4.79 Å². The molecule has 118 valence electrons. The van der Waals surface area contributed by atoms with Gasteiger partial charge < -0.3 is 11.1 Å². The lowest BCUT2D eigenvalue weighted by Gasteiger charge is -2.22. The zero-order valence-electron chi connectivity index (χ0n) is 11.9. The summed E-state index contributed by atoms with van der Waals surface area (Å²) in [5.74, 6) is 0.291. The first-order chi connectivity index (χ1) is 9.65. The summed E-state index contributed by atoms with van der Waals surface area (Å²) in [4.78, 5) is 11.7. The van der Waals surface area contributed by atoms with Crippen molar-refractivity contribution in [1.29, 1.82) is 0 Å². The Labute approximate surface area is 139 Å². The van der Waals surface area contributed by atoms with Crippen LogP contribution in [0.3, 0.4) is 0 Å². The van der Waals surface area contributed by atoms with Gasteiger partial charge in [-0.3, -0.25) is 4.79 Å². The first-order valence-electron chi connectivity index (χ1n) is 6.91. The molecule has 5 N–H and O–H groups in total. The molecule has 0 saturated carbocycles. The van der Waals surface area contributed by atoms with E-state index in [-0.39, 0.29) is 30.5 Å². The van der Waals surface area contributed by atoms with Gasteiger partial charge in [0.2, 0.25) is 5.91 Å². The molecule has 1 amide bonds. The maximum absolute atomic E-state index is 11.7. The Morgan fingerprint density at radius 2 is 2.00 bits per heavy atom. The van der Waals surface area contributed by atoms with E-state index in [1.807, 2.05) is 12.1 Å². The van der Waals surface area contributed by atoms with Crippen LogP contribution in [0.1, 0.15) is 31.4 Å². The normalized spacial score (nSPS) is 24.4. The first kappa shape index (κ1) is 18.4.